The van der Waals surface area contributed by atoms with Crippen LogP contribution in [0.3, 0.4) is 0 Å². The largest absolute Gasteiger partial charge is 0.325 e. The number of carbonyl (C=O) groups is 1. The number of aryl methyl sites for hydroxylation is 4. The lowest BCUT2D eigenvalue weighted by molar-refractivity contribution is -0.115. The number of aromatic nitrogens is 2. The first-order valence-electron chi connectivity index (χ1n) is 7.74. The van der Waals surface area contributed by atoms with Crippen LogP contribution in [0.15, 0.2) is 29.6 Å². The minimum atomic E-state index is -0.176. The van der Waals surface area contributed by atoms with Crippen LogP contribution in [0.25, 0.3) is 0 Å². The van der Waals surface area contributed by atoms with Gasteiger partial charge < -0.3 is 5.32 Å². The summed E-state index contributed by atoms with van der Waals surface area (Å²) in [6.07, 6.45) is 2.28. The molecule has 5 heteroatoms. The Morgan fingerprint density at radius 2 is 1.78 bits per heavy atom. The quantitative estimate of drug-likeness (QED) is 0.659. The molecule has 0 aliphatic carbocycles. The van der Waals surface area contributed by atoms with Crippen molar-refractivity contribution in [1.29, 1.82) is 0 Å². The normalized spacial score (nSPS) is 12.0. The number of carbonyl (C=O) groups excluding carboxylic acids is 1. The van der Waals surface area contributed by atoms with Crippen LogP contribution in [-0.2, 0) is 4.79 Å². The van der Waals surface area contributed by atoms with Gasteiger partial charge in [0.15, 0.2) is 0 Å². The molecule has 1 aromatic carbocycles. The van der Waals surface area contributed by atoms with Gasteiger partial charge in [0.05, 0.1) is 5.25 Å². The fourth-order valence-corrected chi connectivity index (χ4v) is 3.51. The molecule has 0 bridgehead atoms. The predicted octanol–water partition coefficient (Wildman–Crippen LogP) is 4.22. The van der Waals surface area contributed by atoms with Gasteiger partial charge in [-0.3, -0.25) is 4.79 Å². The zero-order valence-electron chi connectivity index (χ0n) is 14.3. The van der Waals surface area contributed by atoms with Crippen LogP contribution in [0, 0.1) is 27.7 Å². The Morgan fingerprint density at radius 1 is 1.13 bits per heavy atom. The Hall–Kier alpha value is -1.88. The van der Waals surface area contributed by atoms with Crippen LogP contribution < -0.4 is 5.32 Å². The standard InChI is InChI=1S/C18H23N3OS/c1-6-15(23-16-9-14(5)19-10-20-16)18(22)21-17-12(3)7-11(2)8-13(17)4/h7-10,15H,6H2,1-5H3,(H,21,22)/t15-/m0/s1. The van der Waals surface area contributed by atoms with E-state index < -0.39 is 0 Å². The van der Waals surface area contributed by atoms with Crippen molar-refractivity contribution >= 4 is 23.4 Å². The van der Waals surface area contributed by atoms with Crippen LogP contribution in [-0.4, -0.2) is 21.1 Å². The van der Waals surface area contributed by atoms with Crippen molar-refractivity contribution in [2.45, 2.75) is 51.3 Å². The van der Waals surface area contributed by atoms with Crippen LogP contribution in [0.5, 0.6) is 0 Å². The summed E-state index contributed by atoms with van der Waals surface area (Å²) in [5.41, 5.74) is 5.21. The van der Waals surface area contributed by atoms with Gasteiger partial charge in [-0.05, 0) is 51.3 Å². The second-order valence-corrected chi connectivity index (χ2v) is 7.00. The first-order chi connectivity index (χ1) is 10.9. The molecule has 0 saturated heterocycles. The second-order valence-electron chi connectivity index (χ2n) is 5.78. The summed E-state index contributed by atoms with van der Waals surface area (Å²) in [6, 6.07) is 6.08. The third-order valence-corrected chi connectivity index (χ3v) is 4.93. The molecule has 0 unspecified atom stereocenters. The van der Waals surface area contributed by atoms with Crippen LogP contribution in [0.1, 0.15) is 35.7 Å². The monoisotopic (exact) mass is 329 g/mol. The number of rotatable bonds is 5. The fourth-order valence-electron chi connectivity index (χ4n) is 2.54. The average molecular weight is 329 g/mol. The minimum Gasteiger partial charge on any atom is -0.325 e. The lowest BCUT2D eigenvalue weighted by atomic mass is 10.0. The summed E-state index contributed by atoms with van der Waals surface area (Å²) in [5, 5.41) is 3.74. The lowest BCUT2D eigenvalue weighted by Gasteiger charge is -2.17. The number of amides is 1. The topological polar surface area (TPSA) is 54.9 Å². The van der Waals surface area contributed by atoms with Crippen LogP contribution in [0.4, 0.5) is 5.69 Å². The highest BCUT2D eigenvalue weighted by molar-refractivity contribution is 8.00. The molecule has 0 aliphatic rings. The van der Waals surface area contributed by atoms with Crippen molar-refractivity contribution < 1.29 is 4.79 Å². The highest BCUT2D eigenvalue weighted by Gasteiger charge is 2.20. The van der Waals surface area contributed by atoms with Crippen molar-refractivity contribution in [3.63, 3.8) is 0 Å². The van der Waals surface area contributed by atoms with E-state index in [2.05, 4.69) is 34.3 Å². The third-order valence-electron chi connectivity index (χ3n) is 3.63. The van der Waals surface area contributed by atoms with Gasteiger partial charge in [-0.2, -0.15) is 0 Å². The van der Waals surface area contributed by atoms with E-state index in [4.69, 9.17) is 0 Å². The van der Waals surface area contributed by atoms with E-state index in [9.17, 15) is 4.79 Å². The van der Waals surface area contributed by atoms with Crippen LogP contribution in [0.2, 0.25) is 0 Å². The maximum absolute atomic E-state index is 12.6. The molecule has 2 rings (SSSR count). The Morgan fingerprint density at radius 3 is 2.35 bits per heavy atom. The van der Waals surface area contributed by atoms with Gasteiger partial charge in [0.25, 0.3) is 0 Å². The van der Waals surface area contributed by atoms with Gasteiger partial charge in [0.2, 0.25) is 5.91 Å². The average Bonchev–Trinajstić information content (AvgIpc) is 2.48. The van der Waals surface area contributed by atoms with Crippen LogP contribution >= 0.6 is 11.8 Å². The zero-order valence-corrected chi connectivity index (χ0v) is 15.1. The Balaban J connectivity index is 2.15. The molecular weight excluding hydrogens is 306 g/mol. The van der Waals surface area contributed by atoms with Crippen molar-refractivity contribution in [2.24, 2.45) is 0 Å². The summed E-state index contributed by atoms with van der Waals surface area (Å²) < 4.78 is 0. The number of hydrogen-bond acceptors (Lipinski definition) is 4. The van der Waals surface area contributed by atoms with Gasteiger partial charge in [-0.1, -0.05) is 36.4 Å². The minimum absolute atomic E-state index is 0.0174. The first-order valence-corrected chi connectivity index (χ1v) is 8.62. The van der Waals surface area contributed by atoms with Gasteiger partial charge in [0, 0.05) is 11.4 Å². The number of benzene rings is 1. The molecule has 23 heavy (non-hydrogen) atoms. The van der Waals surface area contributed by atoms with E-state index in [1.807, 2.05) is 33.8 Å². The molecule has 1 atom stereocenters. The van der Waals surface area contributed by atoms with Gasteiger partial charge in [0.1, 0.15) is 11.4 Å². The molecule has 0 saturated carbocycles. The van der Waals surface area contributed by atoms with E-state index in [-0.39, 0.29) is 11.2 Å². The zero-order chi connectivity index (χ0) is 17.0. The summed E-state index contributed by atoms with van der Waals surface area (Å²) in [6.45, 7) is 10.1. The molecule has 122 valence electrons. The Bertz CT molecular complexity index is 692. The van der Waals surface area contributed by atoms with E-state index >= 15 is 0 Å². The summed E-state index contributed by atoms with van der Waals surface area (Å²) in [7, 11) is 0. The van der Waals surface area contributed by atoms with E-state index in [1.54, 1.807) is 0 Å². The number of hydrogen-bond donors (Lipinski definition) is 1. The first kappa shape index (κ1) is 17.5. The molecule has 0 aliphatic heterocycles. The van der Waals surface area contributed by atoms with Crippen molar-refractivity contribution in [3.05, 3.63) is 46.9 Å². The van der Waals surface area contributed by atoms with E-state index in [1.165, 1.54) is 23.7 Å². The molecule has 2 aromatic rings. The Labute approximate surface area is 142 Å². The maximum Gasteiger partial charge on any atom is 0.237 e. The smallest absolute Gasteiger partial charge is 0.237 e. The summed E-state index contributed by atoms with van der Waals surface area (Å²) in [4.78, 5) is 21.0. The molecule has 0 fully saturated rings. The van der Waals surface area contributed by atoms with Crippen molar-refractivity contribution in [1.82, 2.24) is 9.97 Å². The molecule has 0 radical (unpaired) electrons. The molecule has 1 N–H and O–H groups in total. The molecule has 1 heterocycles. The number of thioether (sulfide) groups is 1. The summed E-state index contributed by atoms with van der Waals surface area (Å²) >= 11 is 1.48. The van der Waals surface area contributed by atoms with Crippen molar-refractivity contribution in [3.8, 4) is 0 Å². The highest BCUT2D eigenvalue weighted by Crippen LogP contribution is 2.27. The molecule has 1 aromatic heterocycles. The van der Waals surface area contributed by atoms with Gasteiger partial charge >= 0.3 is 0 Å². The number of nitrogens with one attached hydrogen (secondary N) is 1. The Kier molecular flexibility index (Phi) is 5.77. The van der Waals surface area contributed by atoms with Crippen molar-refractivity contribution in [2.75, 3.05) is 5.32 Å². The molecular formula is C18H23N3OS. The number of nitrogens with zero attached hydrogens (tertiary/aromatic N) is 2. The van der Waals surface area contributed by atoms with Gasteiger partial charge in [-0.25, -0.2) is 9.97 Å². The fraction of sp³-hybridized carbons (Fsp3) is 0.389. The second kappa shape index (κ2) is 7.59. The SMILES string of the molecule is CC[C@H](Sc1cc(C)ncn1)C(=O)Nc1c(C)cc(C)cc1C. The maximum atomic E-state index is 12.6. The predicted molar refractivity (Wildman–Crippen MR) is 96.0 cm³/mol. The van der Waals surface area contributed by atoms with E-state index in [0.717, 1.165) is 34.0 Å². The number of anilines is 1. The molecule has 0 spiro atoms. The van der Waals surface area contributed by atoms with E-state index in [0.29, 0.717) is 0 Å². The lowest BCUT2D eigenvalue weighted by Crippen LogP contribution is -2.25. The molecule has 1 amide bonds. The third kappa shape index (κ3) is 4.55. The van der Waals surface area contributed by atoms with Gasteiger partial charge in [-0.15, -0.1) is 0 Å². The molecule has 4 nitrogen and oxygen atoms in total. The summed E-state index contributed by atoms with van der Waals surface area (Å²) in [5.74, 6) is 0.0174. The highest BCUT2D eigenvalue weighted by atomic mass is 32.2.